The van der Waals surface area contributed by atoms with E-state index in [9.17, 15) is 22.8 Å². The third kappa shape index (κ3) is 5.84. The third-order valence-electron chi connectivity index (χ3n) is 6.43. The molecule has 0 spiro atoms. The number of anilines is 2. The maximum Gasteiger partial charge on any atom is 0.416 e. The predicted octanol–water partition coefficient (Wildman–Crippen LogP) is 6.02. The van der Waals surface area contributed by atoms with Crippen molar-refractivity contribution in [3.63, 3.8) is 0 Å². The molecule has 3 aromatic rings. The van der Waals surface area contributed by atoms with Gasteiger partial charge in [-0.25, -0.2) is 4.98 Å². The average molecular weight is 498 g/mol. The molecule has 2 N–H and O–H groups in total. The molecule has 9 heteroatoms. The minimum Gasteiger partial charge on any atom is -0.481 e. The first-order valence-corrected chi connectivity index (χ1v) is 11.6. The van der Waals surface area contributed by atoms with Crippen LogP contribution in [0, 0.1) is 12.8 Å². The number of carboxylic acid groups (broad SMARTS) is 1. The second-order valence-electron chi connectivity index (χ2n) is 8.96. The van der Waals surface area contributed by atoms with Crippen molar-refractivity contribution < 1.29 is 27.9 Å². The third-order valence-corrected chi connectivity index (χ3v) is 6.43. The van der Waals surface area contributed by atoms with E-state index in [1.54, 1.807) is 43.5 Å². The summed E-state index contributed by atoms with van der Waals surface area (Å²) in [6.45, 7) is 3.24. The molecule has 1 saturated heterocycles. The average Bonchev–Trinajstić information content (AvgIpc) is 2.84. The normalized spacial score (nSPS) is 14.5. The molecular formula is C27H26F3N3O3. The number of nitrogens with zero attached hydrogens (tertiary/aromatic N) is 2. The van der Waals surface area contributed by atoms with Crippen molar-refractivity contribution in [1.29, 1.82) is 0 Å². The van der Waals surface area contributed by atoms with Gasteiger partial charge < -0.3 is 15.3 Å². The maximum atomic E-state index is 13.1. The number of aromatic nitrogens is 1. The van der Waals surface area contributed by atoms with Gasteiger partial charge in [-0.3, -0.25) is 9.59 Å². The number of nitrogens with one attached hydrogen (secondary N) is 1. The van der Waals surface area contributed by atoms with Crippen molar-refractivity contribution in [2.24, 2.45) is 5.92 Å². The van der Waals surface area contributed by atoms with Gasteiger partial charge in [-0.1, -0.05) is 24.3 Å². The molecule has 0 aliphatic carbocycles. The molecule has 0 saturated carbocycles. The number of hydrogen-bond donors (Lipinski definition) is 2. The number of carbonyl (C=O) groups is 2. The fourth-order valence-electron chi connectivity index (χ4n) is 4.52. The molecule has 0 unspecified atom stereocenters. The van der Waals surface area contributed by atoms with Gasteiger partial charge in [0.05, 0.1) is 17.4 Å². The maximum absolute atomic E-state index is 13.1. The number of piperidine rings is 1. The monoisotopic (exact) mass is 497 g/mol. The first-order valence-electron chi connectivity index (χ1n) is 11.6. The highest BCUT2D eigenvalue weighted by atomic mass is 19.4. The lowest BCUT2D eigenvalue weighted by molar-refractivity contribution is -0.138. The standard InChI is InChI=1S/C27H26F3N3O3/c1-17-3-2-4-22(25(17)19-5-7-20(8-6-19)27(28,29)30)26(36)32-21-9-10-23(31-16-21)33-13-11-18(12-14-33)15-24(34)35/h2-10,16,18H,11-15H2,1H3,(H,32,36)(H,34,35). The van der Waals surface area contributed by atoms with Crippen molar-refractivity contribution in [3.05, 3.63) is 77.5 Å². The van der Waals surface area contributed by atoms with Crippen LogP contribution >= 0.6 is 0 Å². The second kappa shape index (κ2) is 10.4. The van der Waals surface area contributed by atoms with Crippen molar-refractivity contribution in [1.82, 2.24) is 4.98 Å². The Morgan fingerprint density at radius 2 is 1.75 bits per heavy atom. The number of hydrogen-bond acceptors (Lipinski definition) is 4. The summed E-state index contributed by atoms with van der Waals surface area (Å²) in [6, 6.07) is 13.5. The summed E-state index contributed by atoms with van der Waals surface area (Å²) in [5.41, 5.74) is 1.94. The number of alkyl halides is 3. The molecule has 4 rings (SSSR count). The van der Waals surface area contributed by atoms with Gasteiger partial charge in [0.1, 0.15) is 5.82 Å². The molecule has 1 aliphatic rings. The summed E-state index contributed by atoms with van der Waals surface area (Å²) >= 11 is 0. The highest BCUT2D eigenvalue weighted by Gasteiger charge is 2.30. The highest BCUT2D eigenvalue weighted by molar-refractivity contribution is 6.09. The van der Waals surface area contributed by atoms with Gasteiger partial charge in [0.25, 0.3) is 5.91 Å². The van der Waals surface area contributed by atoms with Crippen LogP contribution in [0.25, 0.3) is 11.1 Å². The van der Waals surface area contributed by atoms with Crippen LogP contribution in [0.15, 0.2) is 60.8 Å². The number of pyridine rings is 1. The van der Waals surface area contributed by atoms with Crippen LogP contribution < -0.4 is 10.2 Å². The number of rotatable bonds is 6. The van der Waals surface area contributed by atoms with Crippen LogP contribution in [0.5, 0.6) is 0 Å². The molecule has 1 amide bonds. The fourth-order valence-corrected chi connectivity index (χ4v) is 4.52. The molecule has 2 aromatic carbocycles. The summed E-state index contributed by atoms with van der Waals surface area (Å²) in [4.78, 5) is 30.6. The number of halogens is 3. The molecule has 2 heterocycles. The lowest BCUT2D eigenvalue weighted by Gasteiger charge is -2.32. The second-order valence-corrected chi connectivity index (χ2v) is 8.96. The van der Waals surface area contributed by atoms with Gasteiger partial charge in [-0.2, -0.15) is 13.2 Å². The van der Waals surface area contributed by atoms with E-state index in [4.69, 9.17) is 5.11 Å². The van der Waals surface area contributed by atoms with E-state index in [0.29, 0.717) is 22.4 Å². The Kier molecular flexibility index (Phi) is 7.28. The summed E-state index contributed by atoms with van der Waals surface area (Å²) in [6.07, 6.45) is -1.12. The lowest BCUT2D eigenvalue weighted by atomic mass is 9.93. The summed E-state index contributed by atoms with van der Waals surface area (Å²) in [5, 5.41) is 11.8. The van der Waals surface area contributed by atoms with E-state index in [2.05, 4.69) is 15.2 Å². The minimum absolute atomic E-state index is 0.172. The number of carbonyl (C=O) groups excluding carboxylic acids is 1. The van der Waals surface area contributed by atoms with Crippen LogP contribution in [-0.4, -0.2) is 35.1 Å². The van der Waals surface area contributed by atoms with Crippen molar-refractivity contribution in [2.75, 3.05) is 23.3 Å². The largest absolute Gasteiger partial charge is 0.481 e. The molecular weight excluding hydrogens is 471 g/mol. The molecule has 1 fully saturated rings. The van der Waals surface area contributed by atoms with Gasteiger partial charge in [0.2, 0.25) is 0 Å². The van der Waals surface area contributed by atoms with Crippen molar-refractivity contribution >= 4 is 23.4 Å². The Labute approximate surface area is 206 Å². The van der Waals surface area contributed by atoms with Gasteiger partial charge in [-0.05, 0) is 72.7 Å². The summed E-state index contributed by atoms with van der Waals surface area (Å²) in [7, 11) is 0. The zero-order valence-corrected chi connectivity index (χ0v) is 19.7. The van der Waals surface area contributed by atoms with Crippen LogP contribution in [0.3, 0.4) is 0 Å². The Morgan fingerprint density at radius 1 is 1.06 bits per heavy atom. The zero-order valence-electron chi connectivity index (χ0n) is 19.7. The molecule has 36 heavy (non-hydrogen) atoms. The number of benzene rings is 2. The topological polar surface area (TPSA) is 82.5 Å². The lowest BCUT2D eigenvalue weighted by Crippen LogP contribution is -2.34. The van der Waals surface area contributed by atoms with E-state index < -0.39 is 23.6 Å². The summed E-state index contributed by atoms with van der Waals surface area (Å²) in [5.74, 6) is -0.243. The minimum atomic E-state index is -4.43. The smallest absolute Gasteiger partial charge is 0.416 e. The van der Waals surface area contributed by atoms with E-state index in [1.807, 2.05) is 0 Å². The SMILES string of the molecule is Cc1cccc(C(=O)Nc2ccc(N3CCC(CC(=O)O)CC3)nc2)c1-c1ccc(C(F)(F)F)cc1. The molecule has 1 aliphatic heterocycles. The van der Waals surface area contributed by atoms with Crippen LogP contribution in [0.1, 0.15) is 40.7 Å². The first-order chi connectivity index (χ1) is 17.1. The van der Waals surface area contributed by atoms with E-state index >= 15 is 0 Å². The van der Waals surface area contributed by atoms with Crippen LogP contribution in [0.2, 0.25) is 0 Å². The molecule has 0 bridgehead atoms. The number of aryl methyl sites for hydroxylation is 1. The van der Waals surface area contributed by atoms with Gasteiger partial charge in [0, 0.05) is 25.1 Å². The molecule has 6 nitrogen and oxygen atoms in total. The van der Waals surface area contributed by atoms with Gasteiger partial charge in [0.15, 0.2) is 0 Å². The first kappa shape index (κ1) is 25.2. The van der Waals surface area contributed by atoms with Crippen molar-refractivity contribution in [2.45, 2.75) is 32.4 Å². The van der Waals surface area contributed by atoms with Crippen LogP contribution in [0.4, 0.5) is 24.7 Å². The number of amides is 1. The zero-order chi connectivity index (χ0) is 25.9. The Bertz CT molecular complexity index is 1230. The van der Waals surface area contributed by atoms with E-state index in [-0.39, 0.29) is 12.3 Å². The highest BCUT2D eigenvalue weighted by Crippen LogP contribution is 2.33. The molecule has 188 valence electrons. The van der Waals surface area contributed by atoms with Gasteiger partial charge >= 0.3 is 12.1 Å². The molecule has 0 atom stereocenters. The Morgan fingerprint density at radius 3 is 2.33 bits per heavy atom. The number of carboxylic acids is 1. The summed E-state index contributed by atoms with van der Waals surface area (Å²) < 4.78 is 38.9. The Balaban J connectivity index is 1.47. The molecule has 1 aromatic heterocycles. The quantitative estimate of drug-likeness (QED) is 0.435. The van der Waals surface area contributed by atoms with Crippen LogP contribution in [-0.2, 0) is 11.0 Å². The van der Waals surface area contributed by atoms with E-state index in [0.717, 1.165) is 49.4 Å². The Hall–Kier alpha value is -3.88. The predicted molar refractivity (Wildman–Crippen MR) is 131 cm³/mol. The fraction of sp³-hybridized carbons (Fsp3) is 0.296. The number of aliphatic carboxylic acids is 1. The van der Waals surface area contributed by atoms with Gasteiger partial charge in [-0.15, -0.1) is 0 Å². The molecule has 0 radical (unpaired) electrons. The van der Waals surface area contributed by atoms with E-state index in [1.165, 1.54) is 12.1 Å². The van der Waals surface area contributed by atoms with Crippen molar-refractivity contribution in [3.8, 4) is 11.1 Å².